The van der Waals surface area contributed by atoms with Crippen LogP contribution in [-0.4, -0.2) is 44.8 Å². The molecule has 1 fully saturated rings. The lowest BCUT2D eigenvalue weighted by Gasteiger charge is -2.38. The van der Waals surface area contributed by atoms with Crippen LogP contribution in [0, 0.1) is 15.5 Å². The van der Waals surface area contributed by atoms with Gasteiger partial charge in [-0.05, 0) is 19.4 Å². The van der Waals surface area contributed by atoms with E-state index in [1.807, 2.05) is 0 Å². The van der Waals surface area contributed by atoms with Gasteiger partial charge in [0, 0.05) is 36.3 Å². The highest BCUT2D eigenvalue weighted by atomic mass is 16.6. The minimum Gasteiger partial charge on any atom is -0.396 e. The molecule has 8 nitrogen and oxygen atoms in total. The Balaban J connectivity index is 1.72. The van der Waals surface area contributed by atoms with Crippen molar-refractivity contribution in [1.29, 1.82) is 0 Å². The number of aliphatic hydroxyl groups is 1. The van der Waals surface area contributed by atoms with E-state index in [4.69, 9.17) is 4.52 Å². The molecule has 1 N–H and O–H groups in total. The van der Waals surface area contributed by atoms with Gasteiger partial charge in [-0.2, -0.15) is 4.98 Å². The molecule has 0 amide bonds. The van der Waals surface area contributed by atoms with Crippen molar-refractivity contribution in [2.75, 3.05) is 19.7 Å². The summed E-state index contributed by atoms with van der Waals surface area (Å²) < 4.78 is 5.29. The monoisotopic (exact) mass is 332 g/mol. The van der Waals surface area contributed by atoms with Crippen molar-refractivity contribution < 1.29 is 14.6 Å². The summed E-state index contributed by atoms with van der Waals surface area (Å²) in [5.41, 5.74) is 0.452. The van der Waals surface area contributed by atoms with Crippen molar-refractivity contribution in [3.63, 3.8) is 0 Å². The molecule has 1 aliphatic rings. The summed E-state index contributed by atoms with van der Waals surface area (Å²) >= 11 is 0. The first kappa shape index (κ1) is 16.5. The topological polar surface area (TPSA) is 106 Å². The fourth-order valence-corrected chi connectivity index (χ4v) is 3.08. The van der Waals surface area contributed by atoms with Crippen molar-refractivity contribution >= 4 is 5.69 Å². The number of nitro benzene ring substituents is 1. The fraction of sp³-hybridized carbons (Fsp3) is 0.500. The van der Waals surface area contributed by atoms with E-state index in [2.05, 4.69) is 22.0 Å². The van der Waals surface area contributed by atoms with Gasteiger partial charge < -0.3 is 9.63 Å². The third kappa shape index (κ3) is 3.60. The molecule has 1 saturated heterocycles. The van der Waals surface area contributed by atoms with E-state index in [0.717, 1.165) is 25.9 Å². The van der Waals surface area contributed by atoms with Crippen molar-refractivity contribution in [2.45, 2.75) is 26.3 Å². The zero-order valence-corrected chi connectivity index (χ0v) is 13.5. The minimum absolute atomic E-state index is 0.00593. The van der Waals surface area contributed by atoms with E-state index in [9.17, 15) is 15.2 Å². The van der Waals surface area contributed by atoms with Crippen LogP contribution in [-0.2, 0) is 6.54 Å². The molecule has 1 aromatic heterocycles. The van der Waals surface area contributed by atoms with E-state index in [0.29, 0.717) is 23.8 Å². The first-order chi connectivity index (χ1) is 11.5. The van der Waals surface area contributed by atoms with Gasteiger partial charge in [-0.15, -0.1) is 0 Å². The number of aromatic nitrogens is 2. The second kappa shape index (κ2) is 6.66. The van der Waals surface area contributed by atoms with Crippen LogP contribution in [0.1, 0.15) is 25.7 Å². The Morgan fingerprint density at radius 2 is 2.33 bits per heavy atom. The molecule has 0 saturated carbocycles. The number of hydrogen-bond acceptors (Lipinski definition) is 7. The Hall–Kier alpha value is -2.32. The van der Waals surface area contributed by atoms with Crippen molar-refractivity contribution in [3.8, 4) is 11.4 Å². The van der Waals surface area contributed by atoms with E-state index in [1.165, 1.54) is 12.1 Å². The smallest absolute Gasteiger partial charge is 0.270 e. The molecule has 3 rings (SSSR count). The molecule has 1 aromatic carbocycles. The van der Waals surface area contributed by atoms with Gasteiger partial charge in [0.1, 0.15) is 0 Å². The van der Waals surface area contributed by atoms with Crippen LogP contribution in [0.4, 0.5) is 5.69 Å². The number of nitro groups is 1. The van der Waals surface area contributed by atoms with Gasteiger partial charge in [0.15, 0.2) is 0 Å². The van der Waals surface area contributed by atoms with E-state index in [1.54, 1.807) is 12.1 Å². The summed E-state index contributed by atoms with van der Waals surface area (Å²) in [4.78, 5) is 16.9. The number of aliphatic hydroxyl groups excluding tert-OH is 1. The quantitative estimate of drug-likeness (QED) is 0.661. The number of nitrogens with zero attached hydrogens (tertiary/aromatic N) is 4. The molecule has 2 aromatic rings. The third-order valence-corrected chi connectivity index (χ3v) is 4.38. The lowest BCUT2D eigenvalue weighted by Crippen LogP contribution is -2.43. The summed E-state index contributed by atoms with van der Waals surface area (Å²) in [6.45, 7) is 4.44. The van der Waals surface area contributed by atoms with Gasteiger partial charge in [-0.1, -0.05) is 24.2 Å². The second-order valence-electron chi connectivity index (χ2n) is 6.60. The maximum absolute atomic E-state index is 10.9. The van der Waals surface area contributed by atoms with Gasteiger partial charge in [0.25, 0.3) is 5.69 Å². The summed E-state index contributed by atoms with van der Waals surface area (Å²) in [6.07, 6.45) is 2.02. The standard InChI is InChI=1S/C16H20N4O4/c1-16(11-21)6-3-7-19(10-16)9-14-17-15(18-24-14)12-4-2-5-13(8-12)20(22)23/h2,4-5,8,21H,3,6-7,9-11H2,1H3. The third-order valence-electron chi connectivity index (χ3n) is 4.38. The van der Waals surface area contributed by atoms with Gasteiger partial charge in [-0.25, -0.2) is 0 Å². The molecule has 1 atom stereocenters. The molecule has 0 bridgehead atoms. The Morgan fingerprint density at radius 3 is 3.08 bits per heavy atom. The number of benzene rings is 1. The van der Waals surface area contributed by atoms with Gasteiger partial charge >= 0.3 is 0 Å². The number of non-ortho nitro benzene ring substituents is 1. The van der Waals surface area contributed by atoms with Crippen LogP contribution in [0.15, 0.2) is 28.8 Å². The number of rotatable bonds is 5. The molecule has 0 radical (unpaired) electrons. The molecule has 2 heterocycles. The number of piperidine rings is 1. The highest BCUT2D eigenvalue weighted by Gasteiger charge is 2.31. The highest BCUT2D eigenvalue weighted by molar-refractivity contribution is 5.58. The molecule has 0 spiro atoms. The summed E-state index contributed by atoms with van der Waals surface area (Å²) in [5, 5.41) is 24.3. The van der Waals surface area contributed by atoms with Gasteiger partial charge in [0.05, 0.1) is 11.5 Å². The predicted octanol–water partition coefficient (Wildman–Crippen LogP) is 2.24. The normalized spacial score (nSPS) is 21.8. The highest BCUT2D eigenvalue weighted by Crippen LogP contribution is 2.29. The Bertz CT molecular complexity index is 732. The first-order valence-electron chi connectivity index (χ1n) is 7.90. The Labute approximate surface area is 139 Å². The van der Waals surface area contributed by atoms with Crippen molar-refractivity contribution in [1.82, 2.24) is 15.0 Å². The Morgan fingerprint density at radius 1 is 1.50 bits per heavy atom. The lowest BCUT2D eigenvalue weighted by atomic mass is 9.83. The van der Waals surface area contributed by atoms with Crippen LogP contribution in [0.2, 0.25) is 0 Å². The van der Waals surface area contributed by atoms with Crippen LogP contribution in [0.25, 0.3) is 11.4 Å². The first-order valence-corrected chi connectivity index (χ1v) is 7.90. The average molecular weight is 332 g/mol. The Kier molecular flexibility index (Phi) is 4.59. The fourth-order valence-electron chi connectivity index (χ4n) is 3.08. The molecule has 24 heavy (non-hydrogen) atoms. The zero-order chi connectivity index (χ0) is 17.2. The molecular formula is C16H20N4O4. The van der Waals surface area contributed by atoms with Crippen LogP contribution in [0.3, 0.4) is 0 Å². The molecule has 1 unspecified atom stereocenters. The average Bonchev–Trinajstić information content (AvgIpc) is 3.03. The van der Waals surface area contributed by atoms with Crippen LogP contribution in [0.5, 0.6) is 0 Å². The molecular weight excluding hydrogens is 312 g/mol. The summed E-state index contributed by atoms with van der Waals surface area (Å²) in [6, 6.07) is 6.17. The zero-order valence-electron chi connectivity index (χ0n) is 13.5. The lowest BCUT2D eigenvalue weighted by molar-refractivity contribution is -0.384. The molecule has 128 valence electrons. The molecule has 8 heteroatoms. The second-order valence-corrected chi connectivity index (χ2v) is 6.60. The van der Waals surface area contributed by atoms with Gasteiger partial charge in [-0.3, -0.25) is 15.0 Å². The van der Waals surface area contributed by atoms with E-state index in [-0.39, 0.29) is 17.7 Å². The number of likely N-dealkylation sites (tertiary alicyclic amines) is 1. The van der Waals surface area contributed by atoms with E-state index >= 15 is 0 Å². The number of hydrogen-bond donors (Lipinski definition) is 1. The SMILES string of the molecule is CC1(CO)CCCN(Cc2nc(-c3cccc([N+](=O)[O-])c3)no2)C1. The van der Waals surface area contributed by atoms with Gasteiger partial charge in [0.2, 0.25) is 11.7 Å². The van der Waals surface area contributed by atoms with Crippen molar-refractivity contribution in [2.24, 2.45) is 5.41 Å². The minimum atomic E-state index is -0.450. The summed E-state index contributed by atoms with van der Waals surface area (Å²) in [5.74, 6) is 0.814. The predicted molar refractivity (Wildman–Crippen MR) is 86.1 cm³/mol. The van der Waals surface area contributed by atoms with E-state index < -0.39 is 4.92 Å². The largest absolute Gasteiger partial charge is 0.396 e. The molecule has 0 aliphatic carbocycles. The van der Waals surface area contributed by atoms with Crippen molar-refractivity contribution in [3.05, 3.63) is 40.3 Å². The molecule has 1 aliphatic heterocycles. The maximum atomic E-state index is 10.9. The maximum Gasteiger partial charge on any atom is 0.270 e. The van der Waals surface area contributed by atoms with Crippen LogP contribution >= 0.6 is 0 Å². The summed E-state index contributed by atoms with van der Waals surface area (Å²) in [7, 11) is 0. The van der Waals surface area contributed by atoms with Crippen LogP contribution < -0.4 is 0 Å².